The zero-order valence-electron chi connectivity index (χ0n) is 8.85. The monoisotopic (exact) mass is 207 g/mol. The van der Waals surface area contributed by atoms with Gasteiger partial charge in [0.25, 0.3) is 0 Å². The van der Waals surface area contributed by atoms with Crippen LogP contribution in [0.4, 0.5) is 0 Å². The van der Waals surface area contributed by atoms with Crippen molar-refractivity contribution >= 4 is 0 Å². The van der Waals surface area contributed by atoms with Crippen molar-refractivity contribution in [2.24, 2.45) is 5.92 Å². The summed E-state index contributed by atoms with van der Waals surface area (Å²) in [5, 5.41) is 7.00. The first-order chi connectivity index (χ1) is 7.45. The highest BCUT2D eigenvalue weighted by atomic mass is 16.5. The third kappa shape index (κ3) is 3.47. The molecule has 1 unspecified atom stereocenters. The van der Waals surface area contributed by atoms with E-state index in [1.807, 2.05) is 0 Å². The second-order valence-electron chi connectivity index (χ2n) is 3.94. The van der Waals surface area contributed by atoms with Gasteiger partial charge < -0.3 is 9.84 Å². The van der Waals surface area contributed by atoms with Crippen LogP contribution in [0.2, 0.25) is 0 Å². The Morgan fingerprint density at radius 2 is 2.47 bits per heavy atom. The molecule has 0 saturated heterocycles. The van der Waals surface area contributed by atoms with Gasteiger partial charge in [0.15, 0.2) is 6.33 Å². The van der Waals surface area contributed by atoms with Crippen molar-refractivity contribution in [2.75, 3.05) is 13.1 Å². The van der Waals surface area contributed by atoms with E-state index in [9.17, 15) is 0 Å². The van der Waals surface area contributed by atoms with Crippen LogP contribution in [0.1, 0.15) is 25.2 Å². The average Bonchev–Trinajstić information content (AvgIpc) is 2.79. The Bertz CT molecular complexity index is 295. The second-order valence-corrected chi connectivity index (χ2v) is 3.94. The number of allylic oxidation sites excluding steroid dienone is 2. The van der Waals surface area contributed by atoms with Gasteiger partial charge in [-0.2, -0.15) is 4.98 Å². The number of nitrogens with one attached hydrogen (secondary N) is 1. The largest absolute Gasteiger partial charge is 0.340 e. The van der Waals surface area contributed by atoms with Crippen LogP contribution in [0.5, 0.6) is 0 Å². The van der Waals surface area contributed by atoms with Crippen LogP contribution in [-0.2, 0) is 6.42 Å². The summed E-state index contributed by atoms with van der Waals surface area (Å²) in [7, 11) is 0. The molecule has 0 fully saturated rings. The van der Waals surface area contributed by atoms with E-state index in [0.29, 0.717) is 5.89 Å². The van der Waals surface area contributed by atoms with E-state index in [2.05, 4.69) is 27.6 Å². The molecule has 1 atom stereocenters. The van der Waals surface area contributed by atoms with Gasteiger partial charge >= 0.3 is 0 Å². The van der Waals surface area contributed by atoms with E-state index in [-0.39, 0.29) is 0 Å². The molecule has 0 bridgehead atoms. The topological polar surface area (TPSA) is 51.0 Å². The molecule has 0 aromatic carbocycles. The van der Waals surface area contributed by atoms with Crippen LogP contribution in [-0.4, -0.2) is 23.2 Å². The Morgan fingerprint density at radius 1 is 1.47 bits per heavy atom. The van der Waals surface area contributed by atoms with Gasteiger partial charge in [-0.3, -0.25) is 0 Å². The Labute approximate surface area is 89.8 Å². The van der Waals surface area contributed by atoms with Gasteiger partial charge in [-0.1, -0.05) is 17.3 Å². The van der Waals surface area contributed by atoms with Crippen LogP contribution in [0.3, 0.4) is 0 Å². The van der Waals surface area contributed by atoms with Crippen molar-refractivity contribution in [1.29, 1.82) is 0 Å². The number of hydrogen-bond acceptors (Lipinski definition) is 4. The predicted octanol–water partition coefficient (Wildman–Crippen LogP) is 1.56. The van der Waals surface area contributed by atoms with E-state index in [4.69, 9.17) is 4.52 Å². The molecule has 0 amide bonds. The standard InChI is InChI=1S/C11H17N3O/c1-2-4-10(5-3-1)8-12-7-6-11-13-9-14-15-11/h1-2,9-10,12H,3-8H2. The maximum atomic E-state index is 4.91. The lowest BCUT2D eigenvalue weighted by Crippen LogP contribution is -2.25. The lowest BCUT2D eigenvalue weighted by molar-refractivity contribution is 0.370. The average molecular weight is 207 g/mol. The van der Waals surface area contributed by atoms with Gasteiger partial charge in [0.1, 0.15) is 0 Å². The van der Waals surface area contributed by atoms with E-state index >= 15 is 0 Å². The van der Waals surface area contributed by atoms with Crippen LogP contribution in [0, 0.1) is 5.92 Å². The fraction of sp³-hybridized carbons (Fsp3) is 0.636. The Hall–Kier alpha value is -1.16. The first-order valence-corrected chi connectivity index (χ1v) is 5.56. The molecule has 1 aliphatic carbocycles. The van der Waals surface area contributed by atoms with Crippen LogP contribution >= 0.6 is 0 Å². The van der Waals surface area contributed by atoms with Gasteiger partial charge in [-0.05, 0) is 31.7 Å². The van der Waals surface area contributed by atoms with E-state index < -0.39 is 0 Å². The van der Waals surface area contributed by atoms with Crippen molar-refractivity contribution in [1.82, 2.24) is 15.5 Å². The molecule has 15 heavy (non-hydrogen) atoms. The molecule has 4 heteroatoms. The fourth-order valence-corrected chi connectivity index (χ4v) is 1.85. The summed E-state index contributed by atoms with van der Waals surface area (Å²) >= 11 is 0. The van der Waals surface area contributed by atoms with Gasteiger partial charge in [-0.15, -0.1) is 0 Å². The third-order valence-corrected chi connectivity index (χ3v) is 2.73. The molecule has 1 aromatic rings. The van der Waals surface area contributed by atoms with Crippen molar-refractivity contribution in [3.63, 3.8) is 0 Å². The van der Waals surface area contributed by atoms with Crippen LogP contribution in [0.15, 0.2) is 23.0 Å². The normalized spacial score (nSPS) is 20.7. The smallest absolute Gasteiger partial charge is 0.227 e. The van der Waals surface area contributed by atoms with Crippen LogP contribution < -0.4 is 5.32 Å². The van der Waals surface area contributed by atoms with Crippen molar-refractivity contribution in [3.8, 4) is 0 Å². The minimum atomic E-state index is 0.714. The van der Waals surface area contributed by atoms with Gasteiger partial charge in [-0.25, -0.2) is 0 Å². The van der Waals surface area contributed by atoms with Gasteiger partial charge in [0.2, 0.25) is 5.89 Å². The molecule has 0 spiro atoms. The summed E-state index contributed by atoms with van der Waals surface area (Å²) in [6.45, 7) is 2.01. The molecule has 1 aliphatic rings. The Morgan fingerprint density at radius 3 is 3.20 bits per heavy atom. The summed E-state index contributed by atoms with van der Waals surface area (Å²) in [6.07, 6.45) is 10.6. The molecule has 1 N–H and O–H groups in total. The maximum Gasteiger partial charge on any atom is 0.227 e. The lowest BCUT2D eigenvalue weighted by Gasteiger charge is -2.17. The van der Waals surface area contributed by atoms with Gasteiger partial charge in [0.05, 0.1) is 0 Å². The highest BCUT2D eigenvalue weighted by Crippen LogP contribution is 2.16. The highest BCUT2D eigenvalue weighted by Gasteiger charge is 2.08. The lowest BCUT2D eigenvalue weighted by atomic mass is 9.94. The molecule has 1 heterocycles. The summed E-state index contributed by atoms with van der Waals surface area (Å²) in [5.41, 5.74) is 0. The quantitative estimate of drug-likeness (QED) is 0.588. The minimum absolute atomic E-state index is 0.714. The fourth-order valence-electron chi connectivity index (χ4n) is 1.85. The van der Waals surface area contributed by atoms with Crippen LogP contribution in [0.25, 0.3) is 0 Å². The summed E-state index contributed by atoms with van der Waals surface area (Å²) in [6, 6.07) is 0. The summed E-state index contributed by atoms with van der Waals surface area (Å²) < 4.78 is 4.91. The molecule has 4 nitrogen and oxygen atoms in total. The molecule has 2 rings (SSSR count). The number of hydrogen-bond donors (Lipinski definition) is 1. The minimum Gasteiger partial charge on any atom is -0.340 e. The summed E-state index contributed by atoms with van der Waals surface area (Å²) in [4.78, 5) is 3.97. The zero-order chi connectivity index (χ0) is 10.3. The summed E-state index contributed by atoms with van der Waals surface area (Å²) in [5.74, 6) is 1.52. The molecule has 0 radical (unpaired) electrons. The number of nitrogens with zero attached hydrogens (tertiary/aromatic N) is 2. The van der Waals surface area contributed by atoms with E-state index in [1.165, 1.54) is 25.6 Å². The molecular weight excluding hydrogens is 190 g/mol. The number of aromatic nitrogens is 2. The molecule has 0 aliphatic heterocycles. The zero-order valence-corrected chi connectivity index (χ0v) is 8.85. The number of rotatable bonds is 5. The third-order valence-electron chi connectivity index (χ3n) is 2.73. The van der Waals surface area contributed by atoms with Crippen molar-refractivity contribution < 1.29 is 4.52 Å². The Balaban J connectivity index is 1.57. The molecule has 1 aromatic heterocycles. The highest BCUT2D eigenvalue weighted by molar-refractivity contribution is 4.90. The molecular formula is C11H17N3O. The first kappa shape index (κ1) is 10.4. The first-order valence-electron chi connectivity index (χ1n) is 5.56. The molecule has 0 saturated carbocycles. The van der Waals surface area contributed by atoms with Crippen molar-refractivity contribution in [3.05, 3.63) is 24.4 Å². The van der Waals surface area contributed by atoms with Crippen molar-refractivity contribution in [2.45, 2.75) is 25.7 Å². The Kier molecular flexibility index (Phi) is 3.91. The second kappa shape index (κ2) is 5.66. The van der Waals surface area contributed by atoms with Gasteiger partial charge in [0, 0.05) is 13.0 Å². The van der Waals surface area contributed by atoms with E-state index in [0.717, 1.165) is 25.4 Å². The predicted molar refractivity (Wildman–Crippen MR) is 57.4 cm³/mol. The molecule has 82 valence electrons. The maximum absolute atomic E-state index is 4.91. The van der Waals surface area contributed by atoms with E-state index in [1.54, 1.807) is 0 Å². The SMILES string of the molecule is C1=CCC(CNCCc2ncno2)CC1.